The summed E-state index contributed by atoms with van der Waals surface area (Å²) >= 11 is 0. The van der Waals surface area contributed by atoms with Crippen LogP contribution in [0.25, 0.3) is 0 Å². The Kier molecular flexibility index (Phi) is 6.18. The van der Waals surface area contributed by atoms with E-state index in [0.717, 1.165) is 25.7 Å². The maximum Gasteiger partial charge on any atom is 0.304 e. The van der Waals surface area contributed by atoms with Crippen LogP contribution in [0.5, 0.6) is 0 Å². The zero-order chi connectivity index (χ0) is 12.7. The fourth-order valence-electron chi connectivity index (χ4n) is 1.94. The molecule has 1 aliphatic rings. The Bertz CT molecular complexity index is 300. The normalized spacial score (nSPS) is 18.6. The lowest BCUT2D eigenvalue weighted by Gasteiger charge is -2.22. The van der Waals surface area contributed by atoms with Gasteiger partial charge in [0.2, 0.25) is 5.91 Å². The molecule has 1 unspecified atom stereocenters. The smallest absolute Gasteiger partial charge is 0.304 e. The molecule has 0 saturated heterocycles. The van der Waals surface area contributed by atoms with Gasteiger partial charge in [-0.15, -0.1) is 0 Å². The lowest BCUT2D eigenvalue weighted by atomic mass is 9.95. The van der Waals surface area contributed by atoms with Crippen LogP contribution < -0.4 is 5.32 Å². The second kappa shape index (κ2) is 7.42. The predicted octanol–water partition coefficient (Wildman–Crippen LogP) is 0.659. The Hall–Kier alpha value is -0.910. The molecule has 98 valence electrons. The molecule has 0 bridgehead atoms. The minimum Gasteiger partial charge on any atom is -0.481 e. The quantitative estimate of drug-likeness (QED) is 0.735. The van der Waals surface area contributed by atoms with Crippen molar-refractivity contribution in [2.75, 3.05) is 11.5 Å². The fraction of sp³-hybridized carbons (Fsp3) is 0.818. The van der Waals surface area contributed by atoms with Gasteiger partial charge in [-0.2, -0.15) is 0 Å². The molecule has 0 heterocycles. The third kappa shape index (κ3) is 6.41. The highest BCUT2D eigenvalue weighted by Crippen LogP contribution is 2.17. The SMILES string of the molecule is O=C(O)CCS(=O)CC(=O)NC1CCCCC1. The van der Waals surface area contributed by atoms with Crippen molar-refractivity contribution in [3.8, 4) is 0 Å². The molecule has 1 amide bonds. The lowest BCUT2D eigenvalue weighted by molar-refractivity contribution is -0.136. The van der Waals surface area contributed by atoms with Gasteiger partial charge in [-0.3, -0.25) is 13.8 Å². The number of aliphatic carboxylic acids is 1. The first-order chi connectivity index (χ1) is 8.08. The molecule has 0 radical (unpaired) electrons. The van der Waals surface area contributed by atoms with Gasteiger partial charge in [0.15, 0.2) is 0 Å². The largest absolute Gasteiger partial charge is 0.481 e. The number of hydrogen-bond acceptors (Lipinski definition) is 3. The van der Waals surface area contributed by atoms with Crippen LogP contribution in [0.2, 0.25) is 0 Å². The first kappa shape index (κ1) is 14.2. The molecule has 1 saturated carbocycles. The van der Waals surface area contributed by atoms with Crippen molar-refractivity contribution in [3.05, 3.63) is 0 Å². The summed E-state index contributed by atoms with van der Waals surface area (Å²) in [5.41, 5.74) is 0. The number of rotatable bonds is 6. The van der Waals surface area contributed by atoms with E-state index in [1.54, 1.807) is 0 Å². The van der Waals surface area contributed by atoms with Crippen molar-refractivity contribution in [2.45, 2.75) is 44.6 Å². The standard InChI is InChI=1S/C11H19NO4S/c13-10(8-17(16)7-6-11(14)15)12-9-4-2-1-3-5-9/h9H,1-8H2,(H,12,13)(H,14,15). The Morgan fingerprint density at radius 1 is 1.24 bits per heavy atom. The van der Waals surface area contributed by atoms with E-state index in [0.29, 0.717) is 0 Å². The zero-order valence-corrected chi connectivity index (χ0v) is 10.6. The highest BCUT2D eigenvalue weighted by molar-refractivity contribution is 7.85. The van der Waals surface area contributed by atoms with Crippen molar-refractivity contribution in [1.29, 1.82) is 0 Å². The first-order valence-electron chi connectivity index (χ1n) is 5.94. The number of nitrogens with one attached hydrogen (secondary N) is 1. The molecule has 5 nitrogen and oxygen atoms in total. The molecule has 0 aromatic rings. The monoisotopic (exact) mass is 261 g/mol. The third-order valence-corrected chi connectivity index (χ3v) is 4.05. The molecule has 0 aromatic heterocycles. The molecule has 1 fully saturated rings. The summed E-state index contributed by atoms with van der Waals surface area (Å²) in [4.78, 5) is 21.8. The topological polar surface area (TPSA) is 83.5 Å². The van der Waals surface area contributed by atoms with Crippen molar-refractivity contribution in [1.82, 2.24) is 5.32 Å². The number of amides is 1. The van der Waals surface area contributed by atoms with Crippen LogP contribution in [-0.2, 0) is 20.4 Å². The van der Waals surface area contributed by atoms with E-state index < -0.39 is 16.8 Å². The summed E-state index contributed by atoms with van der Waals surface area (Å²) in [6, 6.07) is 0.215. The van der Waals surface area contributed by atoms with Crippen molar-refractivity contribution in [2.24, 2.45) is 0 Å². The molecule has 1 rings (SSSR count). The van der Waals surface area contributed by atoms with Gasteiger partial charge in [-0.25, -0.2) is 0 Å². The summed E-state index contributed by atoms with van der Waals surface area (Å²) < 4.78 is 11.4. The molecule has 0 aliphatic heterocycles. The summed E-state index contributed by atoms with van der Waals surface area (Å²) in [6.45, 7) is 0. The number of hydrogen-bond donors (Lipinski definition) is 2. The zero-order valence-electron chi connectivity index (χ0n) is 9.81. The highest BCUT2D eigenvalue weighted by atomic mass is 32.2. The average Bonchev–Trinajstić information content (AvgIpc) is 2.27. The van der Waals surface area contributed by atoms with E-state index in [-0.39, 0.29) is 29.9 Å². The van der Waals surface area contributed by atoms with Crippen molar-refractivity contribution >= 4 is 22.7 Å². The predicted molar refractivity (Wildman–Crippen MR) is 65.1 cm³/mol. The Morgan fingerprint density at radius 2 is 1.88 bits per heavy atom. The molecule has 2 N–H and O–H groups in total. The summed E-state index contributed by atoms with van der Waals surface area (Å²) in [6.07, 6.45) is 5.32. The van der Waals surface area contributed by atoms with E-state index in [1.807, 2.05) is 0 Å². The van der Waals surface area contributed by atoms with Crippen LogP contribution in [0.3, 0.4) is 0 Å². The second-order valence-electron chi connectivity index (χ2n) is 4.33. The van der Waals surface area contributed by atoms with Crippen LogP contribution in [0, 0.1) is 0 Å². The molecule has 6 heteroatoms. The Morgan fingerprint density at radius 3 is 2.47 bits per heavy atom. The van der Waals surface area contributed by atoms with E-state index in [9.17, 15) is 13.8 Å². The molecule has 1 atom stereocenters. The average molecular weight is 261 g/mol. The Labute approximate surface area is 103 Å². The number of carbonyl (C=O) groups is 2. The van der Waals surface area contributed by atoms with E-state index in [2.05, 4.69) is 5.32 Å². The summed E-state index contributed by atoms with van der Waals surface area (Å²) in [5, 5.41) is 11.3. The van der Waals surface area contributed by atoms with Gasteiger partial charge in [-0.05, 0) is 12.8 Å². The number of carboxylic acids is 1. The number of carboxylic acid groups (broad SMARTS) is 1. The van der Waals surface area contributed by atoms with Crippen LogP contribution in [-0.4, -0.2) is 38.7 Å². The highest BCUT2D eigenvalue weighted by Gasteiger charge is 2.17. The van der Waals surface area contributed by atoms with E-state index in [1.165, 1.54) is 6.42 Å². The minimum absolute atomic E-state index is 0.0490. The van der Waals surface area contributed by atoms with Crippen LogP contribution in [0.4, 0.5) is 0 Å². The molecule has 0 spiro atoms. The summed E-state index contributed by atoms with van der Waals surface area (Å²) in [5.74, 6) is -1.23. The van der Waals surface area contributed by atoms with Gasteiger partial charge in [0.05, 0.1) is 6.42 Å². The second-order valence-corrected chi connectivity index (χ2v) is 5.91. The van der Waals surface area contributed by atoms with Crippen LogP contribution in [0.1, 0.15) is 38.5 Å². The van der Waals surface area contributed by atoms with Crippen LogP contribution in [0.15, 0.2) is 0 Å². The first-order valence-corrected chi connectivity index (χ1v) is 7.43. The van der Waals surface area contributed by atoms with Gasteiger partial charge in [0.25, 0.3) is 0 Å². The van der Waals surface area contributed by atoms with E-state index >= 15 is 0 Å². The van der Waals surface area contributed by atoms with Crippen molar-refractivity contribution in [3.63, 3.8) is 0 Å². The minimum atomic E-state index is -1.37. The summed E-state index contributed by atoms with van der Waals surface area (Å²) in [7, 11) is -1.37. The van der Waals surface area contributed by atoms with Gasteiger partial charge < -0.3 is 10.4 Å². The lowest BCUT2D eigenvalue weighted by Crippen LogP contribution is -2.38. The molecular weight excluding hydrogens is 242 g/mol. The van der Waals surface area contributed by atoms with Gasteiger partial charge in [-0.1, -0.05) is 19.3 Å². The van der Waals surface area contributed by atoms with Gasteiger partial charge in [0.1, 0.15) is 5.75 Å². The molecule has 1 aliphatic carbocycles. The molecular formula is C11H19NO4S. The maximum absolute atomic E-state index is 11.5. The van der Waals surface area contributed by atoms with Gasteiger partial charge >= 0.3 is 5.97 Å². The third-order valence-electron chi connectivity index (χ3n) is 2.81. The fourth-order valence-corrected chi connectivity index (χ4v) is 2.86. The van der Waals surface area contributed by atoms with Crippen LogP contribution >= 0.6 is 0 Å². The van der Waals surface area contributed by atoms with Gasteiger partial charge in [0, 0.05) is 22.6 Å². The molecule has 0 aromatic carbocycles. The number of carbonyl (C=O) groups excluding carboxylic acids is 1. The van der Waals surface area contributed by atoms with E-state index in [4.69, 9.17) is 5.11 Å². The Balaban J connectivity index is 2.19. The molecule has 17 heavy (non-hydrogen) atoms. The van der Waals surface area contributed by atoms with Crippen molar-refractivity contribution < 1.29 is 18.9 Å². The maximum atomic E-state index is 11.5.